The molecule has 0 heterocycles. The molecule has 5 atom stereocenters. The van der Waals surface area contributed by atoms with E-state index < -0.39 is 0 Å². The molecule has 0 saturated heterocycles. The molecule has 3 rings (SSSR count). The molecule has 13 heavy (non-hydrogen) atoms. The van der Waals surface area contributed by atoms with Crippen molar-refractivity contribution in [2.24, 2.45) is 23.7 Å². The molecule has 0 aliphatic heterocycles. The fraction of sp³-hybridized carbons (Fsp3) is 1.00. The Labute approximate surface area is 81.3 Å². The normalized spacial score (nSPS) is 52.8. The minimum atomic E-state index is 0.909. The third-order valence-electron chi connectivity index (χ3n) is 4.50. The molecule has 0 amide bonds. The standard InChI is InChI=1S/C12H21N/c1-8-5-10(8)7-13-12-4-2-3-9-6-11(9)12/h8-13H,2-7H2,1H3/t8?,9-,10?,11+,12?/m0/s1. The molecule has 3 fully saturated rings. The predicted octanol–water partition coefficient (Wildman–Crippen LogP) is 2.42. The summed E-state index contributed by atoms with van der Waals surface area (Å²) in [6.07, 6.45) is 7.50. The van der Waals surface area contributed by atoms with Crippen LogP contribution in [0.4, 0.5) is 0 Å². The van der Waals surface area contributed by atoms with Gasteiger partial charge < -0.3 is 5.32 Å². The highest BCUT2D eigenvalue weighted by Gasteiger charge is 2.45. The topological polar surface area (TPSA) is 12.0 Å². The summed E-state index contributed by atoms with van der Waals surface area (Å²) in [5, 5.41) is 3.81. The lowest BCUT2D eigenvalue weighted by atomic mass is 9.95. The van der Waals surface area contributed by atoms with Gasteiger partial charge in [-0.15, -0.1) is 0 Å². The molecule has 3 unspecified atom stereocenters. The molecular weight excluding hydrogens is 158 g/mol. The largest absolute Gasteiger partial charge is 0.313 e. The van der Waals surface area contributed by atoms with Crippen LogP contribution < -0.4 is 5.32 Å². The number of nitrogens with one attached hydrogen (secondary N) is 1. The highest BCUT2D eigenvalue weighted by molar-refractivity contribution is 4.99. The Balaban J connectivity index is 1.44. The zero-order valence-electron chi connectivity index (χ0n) is 8.63. The van der Waals surface area contributed by atoms with Gasteiger partial charge in [-0.25, -0.2) is 0 Å². The Bertz CT molecular complexity index is 201. The second-order valence-electron chi connectivity index (χ2n) is 5.58. The van der Waals surface area contributed by atoms with Crippen LogP contribution in [0.25, 0.3) is 0 Å². The summed E-state index contributed by atoms with van der Waals surface area (Å²) in [6, 6.07) is 0.909. The van der Waals surface area contributed by atoms with Gasteiger partial charge in [0.1, 0.15) is 0 Å². The molecule has 1 N–H and O–H groups in total. The average molecular weight is 179 g/mol. The van der Waals surface area contributed by atoms with Gasteiger partial charge in [-0.2, -0.15) is 0 Å². The van der Waals surface area contributed by atoms with Crippen molar-refractivity contribution in [3.05, 3.63) is 0 Å². The fourth-order valence-corrected chi connectivity index (χ4v) is 3.15. The van der Waals surface area contributed by atoms with Crippen molar-refractivity contribution in [2.45, 2.75) is 45.1 Å². The third-order valence-corrected chi connectivity index (χ3v) is 4.50. The Hall–Kier alpha value is -0.0400. The van der Waals surface area contributed by atoms with Crippen molar-refractivity contribution in [3.63, 3.8) is 0 Å². The van der Waals surface area contributed by atoms with Crippen molar-refractivity contribution in [1.82, 2.24) is 5.32 Å². The Morgan fingerprint density at radius 3 is 2.85 bits per heavy atom. The van der Waals surface area contributed by atoms with E-state index in [2.05, 4.69) is 12.2 Å². The Morgan fingerprint density at radius 1 is 1.23 bits per heavy atom. The van der Waals surface area contributed by atoms with Crippen LogP contribution in [0.15, 0.2) is 0 Å². The van der Waals surface area contributed by atoms with Crippen LogP contribution in [0, 0.1) is 23.7 Å². The maximum atomic E-state index is 3.81. The van der Waals surface area contributed by atoms with E-state index in [9.17, 15) is 0 Å². The van der Waals surface area contributed by atoms with E-state index in [0.717, 1.165) is 29.7 Å². The van der Waals surface area contributed by atoms with Crippen LogP contribution >= 0.6 is 0 Å². The molecule has 1 heteroatoms. The molecule has 74 valence electrons. The molecule has 0 aromatic carbocycles. The van der Waals surface area contributed by atoms with Gasteiger partial charge in [0.05, 0.1) is 0 Å². The summed E-state index contributed by atoms with van der Waals surface area (Å²) < 4.78 is 0. The molecule has 0 aromatic rings. The minimum Gasteiger partial charge on any atom is -0.313 e. The average Bonchev–Trinajstić information content (AvgIpc) is 2.97. The minimum absolute atomic E-state index is 0.909. The second-order valence-corrected chi connectivity index (χ2v) is 5.58. The van der Waals surface area contributed by atoms with Gasteiger partial charge in [0.2, 0.25) is 0 Å². The molecular formula is C12H21N. The summed E-state index contributed by atoms with van der Waals surface area (Å²) in [5.41, 5.74) is 0. The summed E-state index contributed by atoms with van der Waals surface area (Å²) in [6.45, 7) is 3.70. The van der Waals surface area contributed by atoms with Crippen LogP contribution in [0.1, 0.15) is 39.0 Å². The van der Waals surface area contributed by atoms with Crippen LogP contribution in [0.3, 0.4) is 0 Å². The maximum absolute atomic E-state index is 3.81. The van der Waals surface area contributed by atoms with E-state index in [1.54, 1.807) is 0 Å². The molecule has 3 saturated carbocycles. The van der Waals surface area contributed by atoms with Crippen molar-refractivity contribution in [2.75, 3.05) is 6.54 Å². The lowest BCUT2D eigenvalue weighted by Gasteiger charge is -2.22. The maximum Gasteiger partial charge on any atom is 0.00981 e. The highest BCUT2D eigenvalue weighted by Crippen LogP contribution is 2.49. The second kappa shape index (κ2) is 2.98. The van der Waals surface area contributed by atoms with E-state index in [4.69, 9.17) is 0 Å². The molecule has 1 nitrogen and oxygen atoms in total. The van der Waals surface area contributed by atoms with E-state index in [1.807, 2.05) is 0 Å². The first-order chi connectivity index (χ1) is 6.34. The van der Waals surface area contributed by atoms with Gasteiger partial charge in [0.25, 0.3) is 0 Å². The van der Waals surface area contributed by atoms with Crippen molar-refractivity contribution in [1.29, 1.82) is 0 Å². The first-order valence-corrected chi connectivity index (χ1v) is 6.08. The van der Waals surface area contributed by atoms with Crippen LogP contribution in [0.5, 0.6) is 0 Å². The van der Waals surface area contributed by atoms with Crippen molar-refractivity contribution in [3.8, 4) is 0 Å². The summed E-state index contributed by atoms with van der Waals surface area (Å²) >= 11 is 0. The van der Waals surface area contributed by atoms with Gasteiger partial charge in [0, 0.05) is 6.04 Å². The quantitative estimate of drug-likeness (QED) is 0.701. The Kier molecular flexibility index (Phi) is 1.90. The van der Waals surface area contributed by atoms with Crippen molar-refractivity contribution >= 4 is 0 Å². The monoisotopic (exact) mass is 179 g/mol. The molecule has 3 aliphatic carbocycles. The molecule has 0 bridgehead atoms. The zero-order chi connectivity index (χ0) is 8.84. The molecule has 3 aliphatic rings. The summed E-state index contributed by atoms with van der Waals surface area (Å²) in [4.78, 5) is 0. The summed E-state index contributed by atoms with van der Waals surface area (Å²) in [5.74, 6) is 4.26. The number of hydrogen-bond donors (Lipinski definition) is 1. The van der Waals surface area contributed by atoms with Gasteiger partial charge in [-0.1, -0.05) is 19.8 Å². The lowest BCUT2D eigenvalue weighted by molar-refractivity contribution is 0.348. The Morgan fingerprint density at radius 2 is 2.08 bits per heavy atom. The SMILES string of the molecule is CC1CC1CNC1CCC[C@H]2C[C@@H]12. The van der Waals surface area contributed by atoms with E-state index >= 15 is 0 Å². The predicted molar refractivity (Wildman–Crippen MR) is 54.5 cm³/mol. The number of fused-ring (bicyclic) bond motifs is 1. The molecule has 0 radical (unpaired) electrons. The van der Waals surface area contributed by atoms with Crippen LogP contribution in [-0.4, -0.2) is 12.6 Å². The number of hydrogen-bond acceptors (Lipinski definition) is 1. The fourth-order valence-electron chi connectivity index (χ4n) is 3.15. The van der Waals surface area contributed by atoms with E-state index in [0.29, 0.717) is 0 Å². The van der Waals surface area contributed by atoms with Gasteiger partial charge in [0.15, 0.2) is 0 Å². The van der Waals surface area contributed by atoms with Crippen LogP contribution in [-0.2, 0) is 0 Å². The summed E-state index contributed by atoms with van der Waals surface area (Å²) in [7, 11) is 0. The van der Waals surface area contributed by atoms with Gasteiger partial charge >= 0.3 is 0 Å². The first-order valence-electron chi connectivity index (χ1n) is 6.08. The third kappa shape index (κ3) is 1.63. The smallest absolute Gasteiger partial charge is 0.00981 e. The number of rotatable bonds is 3. The molecule has 0 spiro atoms. The van der Waals surface area contributed by atoms with E-state index in [-0.39, 0.29) is 0 Å². The van der Waals surface area contributed by atoms with Gasteiger partial charge in [-0.05, 0) is 49.5 Å². The van der Waals surface area contributed by atoms with E-state index in [1.165, 1.54) is 38.6 Å². The lowest BCUT2D eigenvalue weighted by Crippen LogP contribution is -2.35. The highest BCUT2D eigenvalue weighted by atomic mass is 14.9. The van der Waals surface area contributed by atoms with Crippen molar-refractivity contribution < 1.29 is 0 Å². The zero-order valence-corrected chi connectivity index (χ0v) is 8.63. The molecule has 0 aromatic heterocycles. The van der Waals surface area contributed by atoms with Gasteiger partial charge in [-0.3, -0.25) is 0 Å². The first kappa shape index (κ1) is 8.28. The van der Waals surface area contributed by atoms with Crippen LogP contribution in [0.2, 0.25) is 0 Å².